The Morgan fingerprint density at radius 1 is 1.31 bits per heavy atom. The molecule has 0 aliphatic carbocycles. The molecule has 0 aliphatic rings. The summed E-state index contributed by atoms with van der Waals surface area (Å²) in [5.41, 5.74) is 0.905. The fourth-order valence-electron chi connectivity index (χ4n) is 0.976. The second-order valence-corrected chi connectivity index (χ2v) is 2.47. The first kappa shape index (κ1) is 9.98. The topological polar surface area (TPSA) is 53.7 Å². The summed E-state index contributed by atoms with van der Waals surface area (Å²) < 4.78 is 10.1. The molecule has 0 aromatic heterocycles. The van der Waals surface area contributed by atoms with Crippen molar-refractivity contribution < 1.29 is 14.3 Å². The van der Waals surface area contributed by atoms with E-state index in [1.807, 2.05) is 24.3 Å². The fourth-order valence-corrected chi connectivity index (χ4v) is 0.976. The SMILES string of the molecule is COCOc1ccccc1CON. The average Bonchev–Trinajstić information content (AvgIpc) is 2.17. The van der Waals surface area contributed by atoms with Crippen molar-refractivity contribution in [3.8, 4) is 5.75 Å². The molecule has 0 aliphatic heterocycles. The van der Waals surface area contributed by atoms with E-state index in [1.54, 1.807) is 7.11 Å². The Morgan fingerprint density at radius 2 is 2.08 bits per heavy atom. The van der Waals surface area contributed by atoms with Crippen LogP contribution < -0.4 is 10.6 Å². The van der Waals surface area contributed by atoms with E-state index in [4.69, 9.17) is 15.4 Å². The highest BCUT2D eigenvalue weighted by molar-refractivity contribution is 5.32. The zero-order valence-electron chi connectivity index (χ0n) is 7.53. The van der Waals surface area contributed by atoms with Crippen molar-refractivity contribution in [2.75, 3.05) is 13.9 Å². The van der Waals surface area contributed by atoms with E-state index < -0.39 is 0 Å². The van der Waals surface area contributed by atoms with Crippen LogP contribution >= 0.6 is 0 Å². The third-order valence-corrected chi connectivity index (χ3v) is 1.54. The first-order chi connectivity index (χ1) is 6.38. The highest BCUT2D eigenvalue weighted by Crippen LogP contribution is 2.17. The van der Waals surface area contributed by atoms with Gasteiger partial charge in [-0.3, -0.25) is 4.84 Å². The maximum atomic E-state index is 5.28. The molecule has 0 spiro atoms. The first-order valence-electron chi connectivity index (χ1n) is 3.90. The molecule has 0 atom stereocenters. The van der Waals surface area contributed by atoms with E-state index in [1.165, 1.54) is 0 Å². The fraction of sp³-hybridized carbons (Fsp3) is 0.333. The van der Waals surface area contributed by atoms with Crippen LogP contribution in [0.15, 0.2) is 24.3 Å². The van der Waals surface area contributed by atoms with Crippen LogP contribution in [0.25, 0.3) is 0 Å². The molecule has 1 rings (SSSR count). The summed E-state index contributed by atoms with van der Waals surface area (Å²) in [6.07, 6.45) is 0. The average molecular weight is 183 g/mol. The van der Waals surface area contributed by atoms with E-state index in [-0.39, 0.29) is 6.79 Å². The van der Waals surface area contributed by atoms with E-state index in [2.05, 4.69) is 4.84 Å². The molecule has 0 amide bonds. The largest absolute Gasteiger partial charge is 0.467 e. The second kappa shape index (κ2) is 5.53. The standard InChI is InChI=1S/C9H13NO3/c1-11-7-12-9-5-3-2-4-8(9)6-13-10/h2-5H,6-7,10H2,1H3. The smallest absolute Gasteiger partial charge is 0.188 e. The molecule has 4 nitrogen and oxygen atoms in total. The maximum Gasteiger partial charge on any atom is 0.188 e. The van der Waals surface area contributed by atoms with Crippen molar-refractivity contribution in [1.29, 1.82) is 0 Å². The lowest BCUT2D eigenvalue weighted by atomic mass is 10.2. The van der Waals surface area contributed by atoms with E-state index >= 15 is 0 Å². The van der Waals surface area contributed by atoms with Gasteiger partial charge in [0.15, 0.2) is 6.79 Å². The summed E-state index contributed by atoms with van der Waals surface area (Å²) in [4.78, 5) is 4.53. The molecule has 13 heavy (non-hydrogen) atoms. The minimum absolute atomic E-state index is 0.224. The lowest BCUT2D eigenvalue weighted by Gasteiger charge is -2.08. The number of nitrogens with two attached hydrogens (primary N) is 1. The summed E-state index contributed by atoms with van der Waals surface area (Å²) in [5, 5.41) is 0. The van der Waals surface area contributed by atoms with Crippen molar-refractivity contribution in [1.82, 2.24) is 0 Å². The molecule has 0 saturated heterocycles. The molecule has 0 radical (unpaired) electrons. The van der Waals surface area contributed by atoms with Gasteiger partial charge in [0.2, 0.25) is 0 Å². The molecule has 0 heterocycles. The predicted octanol–water partition coefficient (Wildman–Crippen LogP) is 1.06. The normalized spacial score (nSPS) is 10.0. The molecule has 0 bridgehead atoms. The Morgan fingerprint density at radius 3 is 2.77 bits per heavy atom. The van der Waals surface area contributed by atoms with E-state index in [0.29, 0.717) is 6.61 Å². The van der Waals surface area contributed by atoms with E-state index in [9.17, 15) is 0 Å². The number of rotatable bonds is 5. The molecular weight excluding hydrogens is 170 g/mol. The lowest BCUT2D eigenvalue weighted by molar-refractivity contribution is 0.0476. The van der Waals surface area contributed by atoms with Crippen LogP contribution in [-0.4, -0.2) is 13.9 Å². The molecule has 0 saturated carbocycles. The molecule has 2 N–H and O–H groups in total. The van der Waals surface area contributed by atoms with Gasteiger partial charge in [-0.05, 0) is 6.07 Å². The molecule has 1 aromatic carbocycles. The third-order valence-electron chi connectivity index (χ3n) is 1.54. The van der Waals surface area contributed by atoms with Crippen molar-refractivity contribution in [2.24, 2.45) is 5.90 Å². The summed E-state index contributed by atoms with van der Waals surface area (Å²) in [7, 11) is 1.57. The van der Waals surface area contributed by atoms with Gasteiger partial charge in [0.1, 0.15) is 5.75 Å². The summed E-state index contributed by atoms with van der Waals surface area (Å²) in [5.74, 6) is 5.70. The number of methoxy groups -OCH3 is 1. The highest BCUT2D eigenvalue weighted by Gasteiger charge is 2.01. The zero-order valence-corrected chi connectivity index (χ0v) is 7.53. The van der Waals surface area contributed by atoms with Gasteiger partial charge in [0.25, 0.3) is 0 Å². The highest BCUT2D eigenvalue weighted by atomic mass is 16.7. The van der Waals surface area contributed by atoms with Crippen molar-refractivity contribution in [3.05, 3.63) is 29.8 Å². The molecule has 0 fully saturated rings. The zero-order chi connectivity index (χ0) is 9.52. The van der Waals surface area contributed by atoms with Crippen molar-refractivity contribution >= 4 is 0 Å². The van der Waals surface area contributed by atoms with Crippen LogP contribution in [0.3, 0.4) is 0 Å². The Balaban J connectivity index is 2.66. The Bertz CT molecular complexity index is 252. The van der Waals surface area contributed by atoms with Gasteiger partial charge in [0.05, 0.1) is 6.61 Å². The van der Waals surface area contributed by atoms with Gasteiger partial charge in [-0.2, -0.15) is 0 Å². The van der Waals surface area contributed by atoms with Crippen molar-refractivity contribution in [3.63, 3.8) is 0 Å². The monoisotopic (exact) mass is 183 g/mol. The molecule has 72 valence electrons. The Kier molecular flexibility index (Phi) is 4.25. The quantitative estimate of drug-likeness (QED) is 0.547. The first-order valence-corrected chi connectivity index (χ1v) is 3.90. The molecule has 1 aromatic rings. The molecular formula is C9H13NO3. The second-order valence-electron chi connectivity index (χ2n) is 2.47. The van der Waals surface area contributed by atoms with Gasteiger partial charge >= 0.3 is 0 Å². The number of hydrogen-bond donors (Lipinski definition) is 1. The predicted molar refractivity (Wildman–Crippen MR) is 47.9 cm³/mol. The Labute approximate surface area is 77.2 Å². The number of para-hydroxylation sites is 1. The van der Waals surface area contributed by atoms with Gasteiger partial charge in [-0.25, -0.2) is 5.90 Å². The van der Waals surface area contributed by atoms with Gasteiger partial charge in [0, 0.05) is 12.7 Å². The minimum Gasteiger partial charge on any atom is -0.467 e. The van der Waals surface area contributed by atoms with Crippen LogP contribution in [0, 0.1) is 0 Å². The molecule has 0 unspecified atom stereocenters. The van der Waals surface area contributed by atoms with Gasteiger partial charge < -0.3 is 9.47 Å². The number of benzene rings is 1. The van der Waals surface area contributed by atoms with Crippen LogP contribution in [0.4, 0.5) is 0 Å². The summed E-state index contributed by atoms with van der Waals surface area (Å²) >= 11 is 0. The summed E-state index contributed by atoms with van der Waals surface area (Å²) in [6, 6.07) is 7.50. The summed E-state index contributed by atoms with van der Waals surface area (Å²) in [6.45, 7) is 0.557. The van der Waals surface area contributed by atoms with Crippen LogP contribution in [0.5, 0.6) is 5.75 Å². The van der Waals surface area contributed by atoms with Crippen LogP contribution in [0.1, 0.15) is 5.56 Å². The molecule has 4 heteroatoms. The number of ether oxygens (including phenoxy) is 2. The van der Waals surface area contributed by atoms with Crippen LogP contribution in [0.2, 0.25) is 0 Å². The Hall–Kier alpha value is -1.10. The van der Waals surface area contributed by atoms with Gasteiger partial charge in [-0.1, -0.05) is 18.2 Å². The maximum absolute atomic E-state index is 5.28. The lowest BCUT2D eigenvalue weighted by Crippen LogP contribution is -2.04. The van der Waals surface area contributed by atoms with Crippen LogP contribution in [-0.2, 0) is 16.2 Å². The number of hydrogen-bond acceptors (Lipinski definition) is 4. The van der Waals surface area contributed by atoms with Gasteiger partial charge in [-0.15, -0.1) is 0 Å². The van der Waals surface area contributed by atoms with Crippen molar-refractivity contribution in [2.45, 2.75) is 6.61 Å². The van der Waals surface area contributed by atoms with E-state index in [0.717, 1.165) is 11.3 Å². The minimum atomic E-state index is 0.224. The third kappa shape index (κ3) is 3.02.